The predicted octanol–water partition coefficient (Wildman–Crippen LogP) is 2.14. The summed E-state index contributed by atoms with van der Waals surface area (Å²) < 4.78 is 44.6. The van der Waals surface area contributed by atoms with Gasteiger partial charge in [0, 0.05) is 5.56 Å². The van der Waals surface area contributed by atoms with Gasteiger partial charge in [0.05, 0.1) is 12.3 Å². The van der Waals surface area contributed by atoms with E-state index in [1.165, 1.54) is 18.2 Å². The van der Waals surface area contributed by atoms with Gasteiger partial charge in [-0.3, -0.25) is 9.59 Å². The molecule has 1 unspecified atom stereocenters. The highest BCUT2D eigenvalue weighted by Gasteiger charge is 2.39. The van der Waals surface area contributed by atoms with E-state index in [1.807, 2.05) is 0 Å². The number of benzene rings is 1. The van der Waals surface area contributed by atoms with Crippen molar-refractivity contribution in [3.05, 3.63) is 29.8 Å². The molecule has 96 valence electrons. The van der Waals surface area contributed by atoms with Crippen LogP contribution in [0.3, 0.4) is 0 Å². The third kappa shape index (κ3) is 2.61. The second kappa shape index (κ2) is 4.32. The van der Waals surface area contributed by atoms with E-state index in [0.29, 0.717) is 0 Å². The molecular weight excluding hydrogens is 253 g/mol. The van der Waals surface area contributed by atoms with E-state index in [0.717, 1.165) is 6.07 Å². The summed E-state index contributed by atoms with van der Waals surface area (Å²) in [5.74, 6) is -3.16. The molecule has 0 aromatic heterocycles. The summed E-state index contributed by atoms with van der Waals surface area (Å²) in [6.45, 7) is 0. The number of halogens is 3. The lowest BCUT2D eigenvalue weighted by atomic mass is 9.97. The Hall–Kier alpha value is -2.05. The van der Waals surface area contributed by atoms with Gasteiger partial charge >= 0.3 is 18.3 Å². The van der Waals surface area contributed by atoms with Crippen molar-refractivity contribution in [2.75, 3.05) is 0 Å². The number of alkyl halides is 3. The monoisotopic (exact) mass is 260 g/mol. The molecule has 0 N–H and O–H groups in total. The van der Waals surface area contributed by atoms with Gasteiger partial charge in [-0.2, -0.15) is 0 Å². The number of para-hydroxylation sites is 1. The molecule has 7 heteroatoms. The van der Waals surface area contributed by atoms with Crippen LogP contribution in [0, 0.1) is 0 Å². The molecule has 0 saturated carbocycles. The maximum atomic E-state index is 12.2. The zero-order chi connectivity index (χ0) is 13.3. The minimum Gasteiger partial charge on any atom is -0.405 e. The summed E-state index contributed by atoms with van der Waals surface area (Å²) in [6.07, 6.45) is -5.14. The Balaban J connectivity index is 2.33. The van der Waals surface area contributed by atoms with Crippen LogP contribution in [0.4, 0.5) is 13.2 Å². The summed E-state index contributed by atoms with van der Waals surface area (Å²) in [6, 6.07) is 5.17. The Morgan fingerprint density at radius 2 is 1.89 bits per heavy atom. The first kappa shape index (κ1) is 12.4. The minimum absolute atomic E-state index is 0.00863. The van der Waals surface area contributed by atoms with Gasteiger partial charge in [-0.1, -0.05) is 18.2 Å². The first-order valence-corrected chi connectivity index (χ1v) is 4.96. The Bertz CT molecular complexity index is 495. The second-order valence-electron chi connectivity index (χ2n) is 3.64. The highest BCUT2D eigenvalue weighted by Crippen LogP contribution is 2.36. The molecule has 0 bridgehead atoms. The van der Waals surface area contributed by atoms with Crippen molar-refractivity contribution in [2.45, 2.75) is 18.7 Å². The summed E-state index contributed by atoms with van der Waals surface area (Å²) in [7, 11) is 0. The molecule has 1 aromatic carbocycles. The number of cyclic esters (lactones) is 2. The van der Waals surface area contributed by atoms with E-state index >= 15 is 0 Å². The largest absolute Gasteiger partial charge is 0.573 e. The normalized spacial score (nSPS) is 19.8. The summed E-state index contributed by atoms with van der Waals surface area (Å²) in [5, 5.41) is 0. The Morgan fingerprint density at radius 3 is 2.44 bits per heavy atom. The molecule has 0 spiro atoms. The van der Waals surface area contributed by atoms with Crippen molar-refractivity contribution in [3.8, 4) is 5.75 Å². The van der Waals surface area contributed by atoms with Crippen LogP contribution in [-0.2, 0) is 14.3 Å². The van der Waals surface area contributed by atoms with Crippen molar-refractivity contribution in [1.82, 2.24) is 0 Å². The van der Waals surface area contributed by atoms with Gasteiger partial charge in [-0.15, -0.1) is 13.2 Å². The van der Waals surface area contributed by atoms with Crippen molar-refractivity contribution in [2.24, 2.45) is 0 Å². The minimum atomic E-state index is -4.86. The molecule has 2 rings (SSSR count). The van der Waals surface area contributed by atoms with Gasteiger partial charge < -0.3 is 9.47 Å². The highest BCUT2D eigenvalue weighted by atomic mass is 19.4. The maximum Gasteiger partial charge on any atom is 0.573 e. The Morgan fingerprint density at radius 1 is 1.22 bits per heavy atom. The van der Waals surface area contributed by atoms with E-state index < -0.39 is 30.0 Å². The van der Waals surface area contributed by atoms with Gasteiger partial charge in [0.1, 0.15) is 5.75 Å². The lowest BCUT2D eigenvalue weighted by Crippen LogP contribution is -2.19. The third-order valence-corrected chi connectivity index (χ3v) is 2.39. The molecule has 1 atom stereocenters. The van der Waals surface area contributed by atoms with Gasteiger partial charge in [0.25, 0.3) is 0 Å². The molecule has 1 aliphatic rings. The lowest BCUT2D eigenvalue weighted by molar-refractivity contribution is -0.275. The fourth-order valence-electron chi connectivity index (χ4n) is 1.70. The molecule has 0 amide bonds. The third-order valence-electron chi connectivity index (χ3n) is 2.39. The molecule has 18 heavy (non-hydrogen) atoms. The molecule has 0 radical (unpaired) electrons. The first-order chi connectivity index (χ1) is 8.37. The molecule has 1 saturated heterocycles. The fourth-order valence-corrected chi connectivity index (χ4v) is 1.70. The van der Waals surface area contributed by atoms with Crippen molar-refractivity contribution < 1.29 is 32.2 Å². The van der Waals surface area contributed by atoms with Gasteiger partial charge in [0.2, 0.25) is 0 Å². The van der Waals surface area contributed by atoms with Crippen molar-refractivity contribution >= 4 is 11.9 Å². The second-order valence-corrected chi connectivity index (χ2v) is 3.64. The molecule has 1 aromatic rings. The summed E-state index contributed by atoms with van der Waals surface area (Å²) in [4.78, 5) is 22.3. The molecule has 1 fully saturated rings. The first-order valence-electron chi connectivity index (χ1n) is 4.96. The van der Waals surface area contributed by atoms with E-state index in [-0.39, 0.29) is 12.0 Å². The van der Waals surface area contributed by atoms with Crippen LogP contribution < -0.4 is 4.74 Å². The highest BCUT2D eigenvalue weighted by molar-refractivity contribution is 5.98. The Labute approximate surface area is 99.3 Å². The molecule has 1 aliphatic heterocycles. The van der Waals surface area contributed by atoms with Crippen LogP contribution in [0.2, 0.25) is 0 Å². The lowest BCUT2D eigenvalue weighted by Gasteiger charge is -2.14. The number of hydrogen-bond acceptors (Lipinski definition) is 4. The van der Waals surface area contributed by atoms with Crippen LogP contribution in [0.15, 0.2) is 24.3 Å². The standard InChI is InChI=1S/C11H7F3O4/c12-11(13,14)18-8-4-2-1-3-6(8)7-5-9(15)17-10(7)16/h1-4,7H,5H2. The average Bonchev–Trinajstić information content (AvgIpc) is 2.56. The smallest absolute Gasteiger partial charge is 0.405 e. The number of hydrogen-bond donors (Lipinski definition) is 0. The van der Waals surface area contributed by atoms with Crippen LogP contribution in [0.5, 0.6) is 5.75 Å². The zero-order valence-corrected chi connectivity index (χ0v) is 8.86. The number of carbonyl (C=O) groups excluding carboxylic acids is 2. The molecule has 1 heterocycles. The SMILES string of the molecule is O=C1CC(c2ccccc2OC(F)(F)F)C(=O)O1. The maximum absolute atomic E-state index is 12.2. The topological polar surface area (TPSA) is 52.6 Å². The van der Waals surface area contributed by atoms with Crippen molar-refractivity contribution in [1.29, 1.82) is 0 Å². The predicted molar refractivity (Wildman–Crippen MR) is 51.6 cm³/mol. The quantitative estimate of drug-likeness (QED) is 0.604. The van der Waals surface area contributed by atoms with Crippen LogP contribution in [-0.4, -0.2) is 18.3 Å². The summed E-state index contributed by atoms with van der Waals surface area (Å²) in [5.41, 5.74) is -0.00863. The van der Waals surface area contributed by atoms with Crippen LogP contribution >= 0.6 is 0 Å². The Kier molecular flexibility index (Phi) is 2.98. The van der Waals surface area contributed by atoms with E-state index in [1.54, 1.807) is 0 Å². The van der Waals surface area contributed by atoms with Gasteiger partial charge in [0.15, 0.2) is 0 Å². The molecule has 4 nitrogen and oxygen atoms in total. The summed E-state index contributed by atoms with van der Waals surface area (Å²) >= 11 is 0. The number of ether oxygens (including phenoxy) is 2. The zero-order valence-electron chi connectivity index (χ0n) is 8.86. The van der Waals surface area contributed by atoms with Crippen LogP contribution in [0.1, 0.15) is 17.9 Å². The number of carbonyl (C=O) groups is 2. The van der Waals surface area contributed by atoms with E-state index in [2.05, 4.69) is 9.47 Å². The number of esters is 2. The number of rotatable bonds is 2. The van der Waals surface area contributed by atoms with E-state index in [9.17, 15) is 22.8 Å². The van der Waals surface area contributed by atoms with Gasteiger partial charge in [-0.25, -0.2) is 0 Å². The van der Waals surface area contributed by atoms with E-state index in [4.69, 9.17) is 0 Å². The fraction of sp³-hybridized carbons (Fsp3) is 0.273. The van der Waals surface area contributed by atoms with Gasteiger partial charge in [-0.05, 0) is 6.07 Å². The van der Waals surface area contributed by atoms with Crippen LogP contribution in [0.25, 0.3) is 0 Å². The molecular formula is C11H7F3O4. The average molecular weight is 260 g/mol. The molecule has 0 aliphatic carbocycles. The van der Waals surface area contributed by atoms with Crippen molar-refractivity contribution in [3.63, 3.8) is 0 Å².